The van der Waals surface area contributed by atoms with Crippen molar-refractivity contribution in [3.05, 3.63) is 69.7 Å². The van der Waals surface area contributed by atoms with Crippen LogP contribution in [0.2, 0.25) is 0 Å². The van der Waals surface area contributed by atoms with Gasteiger partial charge in [-0.3, -0.25) is 9.59 Å². The molecule has 2 rings (SSSR count). The Balaban J connectivity index is 2.10. The predicted molar refractivity (Wildman–Crippen MR) is 93.4 cm³/mol. The molecule has 0 saturated carbocycles. The van der Waals surface area contributed by atoms with Gasteiger partial charge in [0.25, 0.3) is 5.91 Å². The quantitative estimate of drug-likeness (QED) is 0.621. The maximum atomic E-state index is 12.2. The van der Waals surface area contributed by atoms with E-state index in [-0.39, 0.29) is 12.4 Å². The van der Waals surface area contributed by atoms with E-state index in [1.165, 1.54) is 6.08 Å². The topological polar surface area (TPSA) is 69.4 Å². The van der Waals surface area contributed by atoms with E-state index in [1.807, 2.05) is 31.2 Å². The molecule has 2 aromatic carbocycles. The van der Waals surface area contributed by atoms with E-state index in [4.69, 9.17) is 10.5 Å². The zero-order valence-electron chi connectivity index (χ0n) is 12.6. The number of ketones is 1. The van der Waals surface area contributed by atoms with Crippen LogP contribution < -0.4 is 10.5 Å². The van der Waals surface area contributed by atoms with Crippen LogP contribution in [-0.4, -0.2) is 18.3 Å². The minimum absolute atomic E-state index is 0.102. The van der Waals surface area contributed by atoms with E-state index in [0.29, 0.717) is 11.3 Å². The second-order valence-corrected chi connectivity index (χ2v) is 5.90. The summed E-state index contributed by atoms with van der Waals surface area (Å²) < 4.78 is 6.22. The zero-order chi connectivity index (χ0) is 16.8. The number of benzene rings is 2. The van der Waals surface area contributed by atoms with E-state index in [9.17, 15) is 9.59 Å². The second kappa shape index (κ2) is 7.74. The van der Waals surface area contributed by atoms with Crippen molar-refractivity contribution in [2.75, 3.05) is 6.61 Å². The Morgan fingerprint density at radius 2 is 2.00 bits per heavy atom. The first-order valence-electron chi connectivity index (χ1n) is 6.95. The van der Waals surface area contributed by atoms with Crippen molar-refractivity contribution >= 4 is 33.7 Å². The van der Waals surface area contributed by atoms with Gasteiger partial charge in [-0.2, -0.15) is 0 Å². The third kappa shape index (κ3) is 5.07. The molecule has 4 nitrogen and oxygen atoms in total. The van der Waals surface area contributed by atoms with Gasteiger partial charge in [-0.1, -0.05) is 34.1 Å². The molecule has 0 fully saturated rings. The Morgan fingerprint density at radius 3 is 2.65 bits per heavy atom. The molecule has 2 N–H and O–H groups in total. The lowest BCUT2D eigenvalue weighted by Gasteiger charge is -2.08. The Labute approximate surface area is 143 Å². The van der Waals surface area contributed by atoms with Gasteiger partial charge in [0.1, 0.15) is 5.75 Å². The molecule has 0 saturated heterocycles. The number of halogens is 1. The van der Waals surface area contributed by atoms with Crippen LogP contribution in [0.3, 0.4) is 0 Å². The summed E-state index contributed by atoms with van der Waals surface area (Å²) in [4.78, 5) is 23.0. The summed E-state index contributed by atoms with van der Waals surface area (Å²) >= 11 is 3.39. The molecule has 0 aliphatic rings. The van der Waals surface area contributed by atoms with Gasteiger partial charge < -0.3 is 10.5 Å². The SMILES string of the molecule is Cc1cc(C(=O)/C=C/c2cccc(Br)c2)ccc1OCC(N)=O. The maximum Gasteiger partial charge on any atom is 0.255 e. The van der Waals surface area contributed by atoms with Crippen LogP contribution in [0.4, 0.5) is 0 Å². The molecule has 0 atom stereocenters. The van der Waals surface area contributed by atoms with Crippen LogP contribution in [0, 0.1) is 6.92 Å². The maximum absolute atomic E-state index is 12.2. The number of primary amides is 1. The lowest BCUT2D eigenvalue weighted by Crippen LogP contribution is -2.20. The first-order chi connectivity index (χ1) is 11.0. The highest BCUT2D eigenvalue weighted by Gasteiger charge is 2.07. The van der Waals surface area contributed by atoms with E-state index in [2.05, 4.69) is 15.9 Å². The molecule has 0 aromatic heterocycles. The number of ether oxygens (including phenoxy) is 1. The lowest BCUT2D eigenvalue weighted by molar-refractivity contribution is -0.119. The van der Waals surface area contributed by atoms with Crippen LogP contribution in [0.15, 0.2) is 53.0 Å². The minimum Gasteiger partial charge on any atom is -0.484 e. The summed E-state index contributed by atoms with van der Waals surface area (Å²) in [6.07, 6.45) is 3.29. The lowest BCUT2D eigenvalue weighted by atomic mass is 10.1. The van der Waals surface area contributed by atoms with Gasteiger partial charge in [0.2, 0.25) is 0 Å². The molecule has 5 heteroatoms. The molecule has 0 spiro atoms. The van der Waals surface area contributed by atoms with Crippen molar-refractivity contribution in [1.29, 1.82) is 0 Å². The Hall–Kier alpha value is -2.40. The van der Waals surface area contributed by atoms with E-state index >= 15 is 0 Å². The van der Waals surface area contributed by atoms with Gasteiger partial charge in [-0.05, 0) is 54.5 Å². The van der Waals surface area contributed by atoms with Crippen molar-refractivity contribution in [3.63, 3.8) is 0 Å². The number of carbonyl (C=O) groups is 2. The van der Waals surface area contributed by atoms with Gasteiger partial charge in [-0.25, -0.2) is 0 Å². The second-order valence-electron chi connectivity index (χ2n) is 4.99. The number of allylic oxidation sites excluding steroid dienone is 1. The molecule has 0 heterocycles. The number of hydrogen-bond donors (Lipinski definition) is 1. The van der Waals surface area contributed by atoms with Gasteiger partial charge in [0, 0.05) is 10.0 Å². The summed E-state index contributed by atoms with van der Waals surface area (Å²) in [5.74, 6) is -0.104. The van der Waals surface area contributed by atoms with Gasteiger partial charge in [-0.15, -0.1) is 0 Å². The first-order valence-corrected chi connectivity index (χ1v) is 7.75. The summed E-state index contributed by atoms with van der Waals surface area (Å²) in [6, 6.07) is 12.7. The summed E-state index contributed by atoms with van der Waals surface area (Å²) in [6.45, 7) is 1.63. The predicted octanol–water partition coefficient (Wildman–Crippen LogP) is 3.52. The van der Waals surface area contributed by atoms with Crippen LogP contribution in [-0.2, 0) is 4.79 Å². The van der Waals surface area contributed by atoms with Crippen molar-refractivity contribution < 1.29 is 14.3 Å². The molecule has 0 aliphatic carbocycles. The highest BCUT2D eigenvalue weighted by molar-refractivity contribution is 9.10. The monoisotopic (exact) mass is 373 g/mol. The van der Waals surface area contributed by atoms with Crippen LogP contribution >= 0.6 is 15.9 Å². The Kier molecular flexibility index (Phi) is 5.71. The van der Waals surface area contributed by atoms with Crippen molar-refractivity contribution in [2.24, 2.45) is 5.73 Å². The largest absolute Gasteiger partial charge is 0.484 e. The highest BCUT2D eigenvalue weighted by Crippen LogP contribution is 2.20. The molecular formula is C18H16BrNO3. The summed E-state index contributed by atoms with van der Waals surface area (Å²) in [7, 11) is 0. The molecule has 23 heavy (non-hydrogen) atoms. The average molecular weight is 374 g/mol. The van der Waals surface area contributed by atoms with Crippen LogP contribution in [0.25, 0.3) is 6.08 Å². The van der Waals surface area contributed by atoms with Gasteiger partial charge in [0.15, 0.2) is 12.4 Å². The number of amides is 1. The number of carbonyl (C=O) groups excluding carboxylic acids is 2. The zero-order valence-corrected chi connectivity index (χ0v) is 14.2. The molecule has 0 aliphatic heterocycles. The van der Waals surface area contributed by atoms with Crippen LogP contribution in [0.5, 0.6) is 5.75 Å². The normalized spacial score (nSPS) is 10.7. The van der Waals surface area contributed by atoms with Crippen molar-refractivity contribution in [1.82, 2.24) is 0 Å². The first kappa shape index (κ1) is 17.0. The highest BCUT2D eigenvalue weighted by atomic mass is 79.9. The number of hydrogen-bond acceptors (Lipinski definition) is 3. The molecule has 118 valence electrons. The molecule has 2 aromatic rings. The standard InChI is InChI=1S/C18H16BrNO3/c1-12-9-14(6-8-17(12)23-11-18(20)22)16(21)7-5-13-3-2-4-15(19)10-13/h2-10H,11H2,1H3,(H2,20,22)/b7-5+. The fourth-order valence-corrected chi connectivity index (χ4v) is 2.41. The smallest absolute Gasteiger partial charge is 0.255 e. The fourth-order valence-electron chi connectivity index (χ4n) is 1.99. The van der Waals surface area contributed by atoms with Gasteiger partial charge in [0.05, 0.1) is 0 Å². The van der Waals surface area contributed by atoms with E-state index < -0.39 is 5.91 Å². The van der Waals surface area contributed by atoms with E-state index in [1.54, 1.807) is 24.3 Å². The molecule has 0 unspecified atom stereocenters. The fraction of sp³-hybridized carbons (Fsp3) is 0.111. The number of aryl methyl sites for hydroxylation is 1. The van der Waals surface area contributed by atoms with Crippen LogP contribution in [0.1, 0.15) is 21.5 Å². The molecule has 1 amide bonds. The van der Waals surface area contributed by atoms with E-state index in [0.717, 1.165) is 15.6 Å². The van der Waals surface area contributed by atoms with Crippen molar-refractivity contribution in [2.45, 2.75) is 6.92 Å². The minimum atomic E-state index is -0.540. The molecular weight excluding hydrogens is 358 g/mol. The Bertz CT molecular complexity index is 769. The number of rotatable bonds is 6. The average Bonchev–Trinajstić information content (AvgIpc) is 2.51. The number of nitrogens with two attached hydrogens (primary N) is 1. The third-order valence-electron chi connectivity index (χ3n) is 3.11. The third-order valence-corrected chi connectivity index (χ3v) is 3.60. The van der Waals surface area contributed by atoms with Crippen molar-refractivity contribution in [3.8, 4) is 5.75 Å². The Morgan fingerprint density at radius 1 is 1.22 bits per heavy atom. The van der Waals surface area contributed by atoms with Gasteiger partial charge >= 0.3 is 0 Å². The molecule has 0 radical (unpaired) electrons. The summed E-state index contributed by atoms with van der Waals surface area (Å²) in [5.41, 5.74) is 7.31. The summed E-state index contributed by atoms with van der Waals surface area (Å²) in [5, 5.41) is 0. The molecule has 0 bridgehead atoms.